The molecule has 3 aromatic rings. The lowest BCUT2D eigenvalue weighted by Gasteiger charge is -2.15. The zero-order chi connectivity index (χ0) is 15.1. The number of amides is 1. The summed E-state index contributed by atoms with van der Waals surface area (Å²) in [5, 5.41) is 5.89. The Hall–Kier alpha value is -2.27. The summed E-state index contributed by atoms with van der Waals surface area (Å²) in [6.07, 6.45) is 4.65. The minimum Gasteiger partial charge on any atom is -0.351 e. The van der Waals surface area contributed by atoms with Gasteiger partial charge >= 0.3 is 0 Å². The fraction of sp³-hybridized carbons (Fsp3) is 0.250. The van der Waals surface area contributed by atoms with Crippen LogP contribution in [0.15, 0.2) is 42.7 Å². The molecule has 1 N–H and O–H groups in total. The van der Waals surface area contributed by atoms with E-state index in [2.05, 4.69) is 10.1 Å². The summed E-state index contributed by atoms with van der Waals surface area (Å²) in [6, 6.07) is 9.61. The molecule has 0 aliphatic carbocycles. The highest BCUT2D eigenvalue weighted by molar-refractivity contribution is 6.31. The van der Waals surface area contributed by atoms with Crippen LogP contribution in [0.3, 0.4) is 0 Å². The minimum atomic E-state index is 0.0296. The Morgan fingerprint density at radius 1 is 1.36 bits per heavy atom. The van der Waals surface area contributed by atoms with Crippen molar-refractivity contribution in [1.82, 2.24) is 19.7 Å². The number of hydrogen-bond donors (Lipinski definition) is 1. The fourth-order valence-corrected chi connectivity index (χ4v) is 3.21. The normalized spacial score (nSPS) is 18.2. The smallest absolute Gasteiger partial charge is 0.270 e. The highest BCUT2D eigenvalue weighted by Crippen LogP contribution is 2.24. The van der Waals surface area contributed by atoms with E-state index in [-0.39, 0.29) is 11.9 Å². The van der Waals surface area contributed by atoms with Crippen LogP contribution in [-0.4, -0.2) is 38.7 Å². The van der Waals surface area contributed by atoms with E-state index in [0.717, 1.165) is 23.9 Å². The van der Waals surface area contributed by atoms with Crippen molar-refractivity contribution >= 4 is 28.4 Å². The maximum atomic E-state index is 12.6. The summed E-state index contributed by atoms with van der Waals surface area (Å²) in [5.41, 5.74) is 1.54. The Morgan fingerprint density at radius 3 is 3.09 bits per heavy atom. The van der Waals surface area contributed by atoms with Crippen LogP contribution in [0.1, 0.15) is 23.0 Å². The summed E-state index contributed by atoms with van der Waals surface area (Å²) < 4.78 is 1.93. The molecule has 6 heteroatoms. The van der Waals surface area contributed by atoms with Crippen molar-refractivity contribution in [3.8, 4) is 0 Å². The van der Waals surface area contributed by atoms with Gasteiger partial charge in [0.1, 0.15) is 5.69 Å². The lowest BCUT2D eigenvalue weighted by atomic mass is 10.2. The summed E-state index contributed by atoms with van der Waals surface area (Å²) >= 11 is 5.99. The van der Waals surface area contributed by atoms with Crippen LogP contribution in [-0.2, 0) is 0 Å². The predicted octanol–water partition coefficient (Wildman–Crippen LogP) is 3.11. The third-order valence-electron chi connectivity index (χ3n) is 4.16. The first kappa shape index (κ1) is 13.4. The number of rotatable bonds is 2. The topological polar surface area (TPSA) is 53.9 Å². The summed E-state index contributed by atoms with van der Waals surface area (Å²) in [4.78, 5) is 17.7. The van der Waals surface area contributed by atoms with Crippen molar-refractivity contribution in [2.45, 2.75) is 12.5 Å². The maximum Gasteiger partial charge on any atom is 0.270 e. The van der Waals surface area contributed by atoms with Crippen molar-refractivity contribution in [1.29, 1.82) is 0 Å². The quantitative estimate of drug-likeness (QED) is 0.790. The third-order valence-corrected chi connectivity index (χ3v) is 4.40. The van der Waals surface area contributed by atoms with Gasteiger partial charge in [-0.1, -0.05) is 11.6 Å². The third kappa shape index (κ3) is 2.27. The average molecular weight is 315 g/mol. The van der Waals surface area contributed by atoms with Crippen molar-refractivity contribution < 1.29 is 4.79 Å². The van der Waals surface area contributed by atoms with Gasteiger partial charge in [-0.25, -0.2) is 0 Å². The number of aromatic nitrogens is 3. The van der Waals surface area contributed by atoms with E-state index < -0.39 is 0 Å². The van der Waals surface area contributed by atoms with Crippen molar-refractivity contribution in [3.63, 3.8) is 0 Å². The van der Waals surface area contributed by atoms with Crippen LogP contribution in [0.4, 0.5) is 0 Å². The number of fused-ring (bicyclic) bond motifs is 1. The molecule has 3 heterocycles. The van der Waals surface area contributed by atoms with E-state index in [0.29, 0.717) is 17.3 Å². The van der Waals surface area contributed by atoms with Crippen LogP contribution in [0.2, 0.25) is 5.02 Å². The molecule has 1 fully saturated rings. The van der Waals surface area contributed by atoms with Gasteiger partial charge < -0.3 is 9.88 Å². The lowest BCUT2D eigenvalue weighted by Crippen LogP contribution is -2.29. The molecule has 1 aliphatic rings. The predicted molar refractivity (Wildman–Crippen MR) is 85.1 cm³/mol. The molecule has 1 saturated heterocycles. The van der Waals surface area contributed by atoms with E-state index >= 15 is 0 Å². The second kappa shape index (κ2) is 5.18. The SMILES string of the molecule is O=C(c1cc2cc(Cl)ccc2[nH]1)N1CCC(n2cccn2)C1. The molecule has 1 aliphatic heterocycles. The Kier molecular flexibility index (Phi) is 3.15. The van der Waals surface area contributed by atoms with E-state index in [1.807, 2.05) is 46.1 Å². The second-order valence-corrected chi connectivity index (χ2v) is 6.03. The van der Waals surface area contributed by atoms with Gasteiger partial charge in [0, 0.05) is 41.4 Å². The number of hydrogen-bond acceptors (Lipinski definition) is 2. The second-order valence-electron chi connectivity index (χ2n) is 5.59. The van der Waals surface area contributed by atoms with E-state index in [1.165, 1.54) is 0 Å². The molecule has 0 radical (unpaired) electrons. The van der Waals surface area contributed by atoms with E-state index in [4.69, 9.17) is 11.6 Å². The Labute approximate surface area is 132 Å². The molecule has 0 spiro atoms. The van der Waals surface area contributed by atoms with E-state index in [1.54, 1.807) is 6.20 Å². The largest absolute Gasteiger partial charge is 0.351 e. The molecule has 1 atom stereocenters. The van der Waals surface area contributed by atoms with Crippen molar-refractivity contribution in [2.24, 2.45) is 0 Å². The Morgan fingerprint density at radius 2 is 2.27 bits per heavy atom. The Bertz CT molecular complexity index is 824. The molecule has 112 valence electrons. The van der Waals surface area contributed by atoms with Crippen molar-refractivity contribution in [3.05, 3.63) is 53.4 Å². The molecular formula is C16H15ClN4O. The number of nitrogens with one attached hydrogen (secondary N) is 1. The van der Waals surface area contributed by atoms with Crippen LogP contribution in [0.25, 0.3) is 10.9 Å². The number of H-pyrrole nitrogens is 1. The lowest BCUT2D eigenvalue weighted by molar-refractivity contribution is 0.0782. The summed E-state index contributed by atoms with van der Waals surface area (Å²) in [7, 11) is 0. The number of aromatic amines is 1. The standard InChI is InChI=1S/C16H15ClN4O/c17-12-2-3-14-11(8-12)9-15(19-14)16(22)20-7-4-13(10-20)21-6-1-5-18-21/h1-3,5-6,8-9,13,19H,4,7,10H2. The number of halogens is 1. The van der Waals surface area contributed by atoms with Crippen LogP contribution < -0.4 is 0 Å². The number of carbonyl (C=O) groups is 1. The van der Waals surface area contributed by atoms with Crippen LogP contribution >= 0.6 is 11.6 Å². The van der Waals surface area contributed by atoms with Gasteiger partial charge in [-0.2, -0.15) is 5.10 Å². The van der Waals surface area contributed by atoms with Gasteiger partial charge in [0.15, 0.2) is 0 Å². The van der Waals surface area contributed by atoms with Gasteiger partial charge in [0.2, 0.25) is 0 Å². The molecule has 5 nitrogen and oxygen atoms in total. The number of benzene rings is 1. The van der Waals surface area contributed by atoms with Crippen LogP contribution in [0, 0.1) is 0 Å². The molecule has 0 saturated carbocycles. The highest BCUT2D eigenvalue weighted by atomic mass is 35.5. The van der Waals surface area contributed by atoms with Crippen molar-refractivity contribution in [2.75, 3.05) is 13.1 Å². The molecule has 4 rings (SSSR count). The fourth-order valence-electron chi connectivity index (χ4n) is 3.03. The minimum absolute atomic E-state index is 0.0296. The molecular weight excluding hydrogens is 300 g/mol. The first-order valence-electron chi connectivity index (χ1n) is 7.27. The van der Waals surface area contributed by atoms with Gasteiger partial charge in [0.25, 0.3) is 5.91 Å². The molecule has 0 bridgehead atoms. The van der Waals surface area contributed by atoms with Gasteiger partial charge in [0.05, 0.1) is 6.04 Å². The first-order valence-corrected chi connectivity index (χ1v) is 7.65. The van der Waals surface area contributed by atoms with Crippen LogP contribution in [0.5, 0.6) is 0 Å². The summed E-state index contributed by atoms with van der Waals surface area (Å²) in [6.45, 7) is 1.44. The zero-order valence-corrected chi connectivity index (χ0v) is 12.6. The molecule has 1 aromatic carbocycles. The number of nitrogens with zero attached hydrogens (tertiary/aromatic N) is 3. The monoisotopic (exact) mass is 314 g/mol. The van der Waals surface area contributed by atoms with Gasteiger partial charge in [-0.05, 0) is 36.8 Å². The highest BCUT2D eigenvalue weighted by Gasteiger charge is 2.28. The van der Waals surface area contributed by atoms with Gasteiger partial charge in [-0.15, -0.1) is 0 Å². The molecule has 1 amide bonds. The Balaban J connectivity index is 1.56. The van der Waals surface area contributed by atoms with Gasteiger partial charge in [-0.3, -0.25) is 9.48 Å². The molecule has 22 heavy (non-hydrogen) atoms. The molecule has 2 aromatic heterocycles. The summed E-state index contributed by atoms with van der Waals surface area (Å²) in [5.74, 6) is 0.0296. The zero-order valence-electron chi connectivity index (χ0n) is 11.9. The maximum absolute atomic E-state index is 12.6. The number of likely N-dealkylation sites (tertiary alicyclic amines) is 1. The molecule has 1 unspecified atom stereocenters. The average Bonchev–Trinajstić information content (AvgIpc) is 3.24. The first-order chi connectivity index (χ1) is 10.7. The number of carbonyl (C=O) groups excluding carboxylic acids is 1. The van der Waals surface area contributed by atoms with E-state index in [9.17, 15) is 4.79 Å².